The molecule has 0 aromatic rings. The summed E-state index contributed by atoms with van der Waals surface area (Å²) in [5, 5.41) is 0. The van der Waals surface area contributed by atoms with Gasteiger partial charge in [0.2, 0.25) is 12.2 Å². The summed E-state index contributed by atoms with van der Waals surface area (Å²) in [6.07, 6.45) is 13.3. The van der Waals surface area contributed by atoms with E-state index in [1.54, 1.807) is 12.2 Å². The Bertz CT molecular complexity index is 456. The smallest absolute Gasteiger partial charge is 0.211 e. The summed E-state index contributed by atoms with van der Waals surface area (Å²) in [6.45, 7) is 9.22. The molecule has 23 heavy (non-hydrogen) atoms. The third-order valence-electron chi connectivity index (χ3n) is 5.08. The van der Waals surface area contributed by atoms with Gasteiger partial charge in [0.1, 0.15) is 0 Å². The van der Waals surface area contributed by atoms with Gasteiger partial charge in [0.15, 0.2) is 0 Å². The molecule has 0 N–H and O–H groups in total. The lowest BCUT2D eigenvalue weighted by Gasteiger charge is -2.44. The number of carbonyl (C=O) groups excluding carboxylic acids is 2. The molecule has 0 amide bonds. The van der Waals surface area contributed by atoms with Crippen LogP contribution in [0.15, 0.2) is 9.98 Å². The van der Waals surface area contributed by atoms with E-state index in [0.29, 0.717) is 6.54 Å². The van der Waals surface area contributed by atoms with Gasteiger partial charge in [-0.1, -0.05) is 59.8 Å². The van der Waals surface area contributed by atoms with E-state index in [1.807, 2.05) is 0 Å². The van der Waals surface area contributed by atoms with Crippen molar-refractivity contribution in [2.24, 2.45) is 26.7 Å². The van der Waals surface area contributed by atoms with E-state index in [9.17, 15) is 9.59 Å². The van der Waals surface area contributed by atoms with E-state index in [2.05, 4.69) is 37.7 Å². The van der Waals surface area contributed by atoms with E-state index in [-0.39, 0.29) is 16.9 Å². The maximum absolute atomic E-state index is 10.3. The summed E-state index contributed by atoms with van der Waals surface area (Å²) in [6, 6.07) is 0.00750. The van der Waals surface area contributed by atoms with Gasteiger partial charge in [0, 0.05) is 0 Å². The first-order chi connectivity index (χ1) is 10.8. The molecule has 2 atom stereocenters. The highest BCUT2D eigenvalue weighted by atomic mass is 16.1. The predicted octanol–water partition coefficient (Wildman–Crippen LogP) is 4.83. The largest absolute Gasteiger partial charge is 0.235 e. The van der Waals surface area contributed by atoms with Crippen LogP contribution in [0.2, 0.25) is 0 Å². The van der Waals surface area contributed by atoms with Gasteiger partial charge in [-0.15, -0.1) is 0 Å². The molecule has 4 nitrogen and oxygen atoms in total. The fourth-order valence-corrected chi connectivity index (χ4v) is 4.39. The highest BCUT2D eigenvalue weighted by Gasteiger charge is 2.41. The Morgan fingerprint density at radius 3 is 2.13 bits per heavy atom. The summed E-state index contributed by atoms with van der Waals surface area (Å²) in [4.78, 5) is 28.0. The topological polar surface area (TPSA) is 58.9 Å². The molecular formula is C19H32N2O2. The summed E-state index contributed by atoms with van der Waals surface area (Å²) in [7, 11) is 0. The van der Waals surface area contributed by atoms with E-state index in [1.165, 1.54) is 32.1 Å². The van der Waals surface area contributed by atoms with Crippen molar-refractivity contribution >= 4 is 12.2 Å². The average Bonchev–Trinajstić information content (AvgIpc) is 2.45. The second-order valence-corrected chi connectivity index (χ2v) is 8.58. The van der Waals surface area contributed by atoms with Crippen molar-refractivity contribution in [3.8, 4) is 0 Å². The minimum atomic E-state index is -0.0653. The molecule has 2 rings (SSSR count). The third-order valence-corrected chi connectivity index (χ3v) is 5.08. The van der Waals surface area contributed by atoms with Gasteiger partial charge in [0.05, 0.1) is 12.6 Å². The van der Waals surface area contributed by atoms with Crippen molar-refractivity contribution in [3.05, 3.63) is 0 Å². The summed E-state index contributed by atoms with van der Waals surface area (Å²) < 4.78 is 0. The molecule has 0 aromatic carbocycles. The average molecular weight is 320 g/mol. The van der Waals surface area contributed by atoms with Crippen LogP contribution in [0.5, 0.6) is 0 Å². The van der Waals surface area contributed by atoms with Crippen LogP contribution >= 0.6 is 0 Å². The van der Waals surface area contributed by atoms with E-state index in [0.717, 1.165) is 25.2 Å². The highest BCUT2D eigenvalue weighted by Crippen LogP contribution is 2.47. The molecule has 4 heteroatoms. The lowest BCUT2D eigenvalue weighted by molar-refractivity contribution is 0.0915. The normalized spacial score (nSPS) is 30.2. The maximum atomic E-state index is 10.3. The van der Waals surface area contributed by atoms with Crippen LogP contribution in [0.1, 0.15) is 79.1 Å². The molecule has 2 unspecified atom stereocenters. The van der Waals surface area contributed by atoms with E-state index < -0.39 is 0 Å². The van der Waals surface area contributed by atoms with Crippen molar-refractivity contribution in [3.63, 3.8) is 0 Å². The molecule has 0 aromatic heterocycles. The van der Waals surface area contributed by atoms with Crippen molar-refractivity contribution in [1.82, 2.24) is 0 Å². The Morgan fingerprint density at radius 2 is 1.65 bits per heavy atom. The van der Waals surface area contributed by atoms with Crippen LogP contribution in [0.3, 0.4) is 0 Å². The van der Waals surface area contributed by atoms with Crippen LogP contribution in [-0.2, 0) is 9.59 Å². The maximum Gasteiger partial charge on any atom is 0.235 e. The van der Waals surface area contributed by atoms with Gasteiger partial charge < -0.3 is 0 Å². The first-order valence-electron chi connectivity index (χ1n) is 8.91. The third kappa shape index (κ3) is 7.72. The van der Waals surface area contributed by atoms with Crippen molar-refractivity contribution in [1.29, 1.82) is 0 Å². The highest BCUT2D eigenvalue weighted by molar-refractivity contribution is 5.34. The van der Waals surface area contributed by atoms with Gasteiger partial charge in [-0.05, 0) is 36.0 Å². The zero-order valence-corrected chi connectivity index (χ0v) is 15.2. The van der Waals surface area contributed by atoms with Crippen LogP contribution in [0, 0.1) is 16.7 Å². The van der Waals surface area contributed by atoms with Crippen LogP contribution in [-0.4, -0.2) is 24.7 Å². The number of rotatable bonds is 3. The molecule has 0 spiro atoms. The molecule has 2 aliphatic rings. The minimum absolute atomic E-state index is 0.00750. The minimum Gasteiger partial charge on any atom is -0.211 e. The van der Waals surface area contributed by atoms with E-state index in [4.69, 9.17) is 0 Å². The number of aliphatic imine (C=N–C) groups is 2. The van der Waals surface area contributed by atoms with Gasteiger partial charge in [-0.2, -0.15) is 0 Å². The summed E-state index contributed by atoms with van der Waals surface area (Å²) in [5.41, 5.74) is 0.0561. The molecule has 0 aliphatic heterocycles. The number of nitrogens with zero attached hydrogens (tertiary/aromatic N) is 2. The Hall–Kier alpha value is -1.24. The fraction of sp³-hybridized carbons (Fsp3) is 0.895. The predicted molar refractivity (Wildman–Crippen MR) is 92.9 cm³/mol. The molecule has 2 aliphatic carbocycles. The van der Waals surface area contributed by atoms with Crippen molar-refractivity contribution in [2.75, 3.05) is 6.54 Å². The Labute approximate surface area is 140 Å². The zero-order chi connectivity index (χ0) is 17.3. The zero-order valence-electron chi connectivity index (χ0n) is 15.2. The molecule has 0 bridgehead atoms. The second-order valence-electron chi connectivity index (χ2n) is 8.58. The van der Waals surface area contributed by atoms with Crippen LogP contribution in [0.4, 0.5) is 0 Å². The molecule has 130 valence electrons. The second kappa shape index (κ2) is 9.15. The summed E-state index contributed by atoms with van der Waals surface area (Å²) in [5.74, 6) is 1.04. The number of hydrogen-bond donors (Lipinski definition) is 0. The van der Waals surface area contributed by atoms with Crippen molar-refractivity contribution in [2.45, 2.75) is 85.1 Å². The number of isocyanates is 2. The lowest BCUT2D eigenvalue weighted by atomic mass is 9.63. The van der Waals surface area contributed by atoms with Crippen LogP contribution in [0.25, 0.3) is 0 Å². The lowest BCUT2D eigenvalue weighted by Crippen LogP contribution is -2.39. The first-order valence-corrected chi connectivity index (χ1v) is 8.91. The van der Waals surface area contributed by atoms with Gasteiger partial charge in [0.25, 0.3) is 0 Å². The molecule has 0 saturated heterocycles. The SMILES string of the molecule is CC1(C)CC(N=C=O)CC(C)(CN=C=O)C1.CC1CCCCC1. The standard InChI is InChI=1S/C12H18N2O2.C7H14/c1-11(2)4-10(14-9-16)5-12(3,6-11)7-13-8-15;1-7-5-3-2-4-6-7/h10H,4-7H2,1-3H3;7H,2-6H2,1H3. The monoisotopic (exact) mass is 320 g/mol. The Morgan fingerprint density at radius 1 is 1.00 bits per heavy atom. The Balaban J connectivity index is 0.000000313. The fourth-order valence-electron chi connectivity index (χ4n) is 4.39. The van der Waals surface area contributed by atoms with Crippen LogP contribution < -0.4 is 0 Å². The molecule has 0 heterocycles. The molecule has 0 radical (unpaired) electrons. The summed E-state index contributed by atoms with van der Waals surface area (Å²) >= 11 is 0. The van der Waals surface area contributed by atoms with Gasteiger partial charge in [-0.3, -0.25) is 0 Å². The Kier molecular flexibility index (Phi) is 7.88. The quantitative estimate of drug-likeness (QED) is 0.552. The van der Waals surface area contributed by atoms with Gasteiger partial charge >= 0.3 is 0 Å². The van der Waals surface area contributed by atoms with E-state index >= 15 is 0 Å². The molecular weight excluding hydrogens is 288 g/mol. The first kappa shape index (κ1) is 19.8. The number of hydrogen-bond acceptors (Lipinski definition) is 4. The van der Waals surface area contributed by atoms with Gasteiger partial charge in [-0.25, -0.2) is 19.6 Å². The molecule has 2 saturated carbocycles. The van der Waals surface area contributed by atoms with Crippen molar-refractivity contribution < 1.29 is 9.59 Å². The molecule has 2 fully saturated rings.